The standard InChI is InChI=1S/C19H18N2OS/c22-18(20-14-6-9-15-7-2-1-3-8-15)12-13-19-21-16-10-4-5-11-17(16)23-19/h1-5,7-8,10-13H,6,9,14H2,(H,20,22)/b13-12+. The molecule has 0 atom stereocenters. The molecule has 1 amide bonds. The van der Waals surface area contributed by atoms with Gasteiger partial charge in [0, 0.05) is 12.6 Å². The summed E-state index contributed by atoms with van der Waals surface area (Å²) in [6.45, 7) is 0.678. The molecule has 1 heterocycles. The van der Waals surface area contributed by atoms with Crippen LogP contribution in [0.4, 0.5) is 0 Å². The molecule has 3 aromatic rings. The van der Waals surface area contributed by atoms with Crippen LogP contribution in [0.15, 0.2) is 60.7 Å². The van der Waals surface area contributed by atoms with E-state index in [0.717, 1.165) is 28.1 Å². The number of benzene rings is 2. The number of amides is 1. The van der Waals surface area contributed by atoms with Crippen molar-refractivity contribution in [3.05, 3.63) is 71.2 Å². The number of thiazole rings is 1. The van der Waals surface area contributed by atoms with Crippen LogP contribution in [0.1, 0.15) is 17.0 Å². The van der Waals surface area contributed by atoms with Gasteiger partial charge in [-0.2, -0.15) is 0 Å². The molecule has 0 radical (unpaired) electrons. The second-order valence-electron chi connectivity index (χ2n) is 5.23. The van der Waals surface area contributed by atoms with Crippen LogP contribution < -0.4 is 5.32 Å². The van der Waals surface area contributed by atoms with Gasteiger partial charge in [-0.1, -0.05) is 42.5 Å². The number of rotatable bonds is 6. The van der Waals surface area contributed by atoms with Crippen molar-refractivity contribution in [3.8, 4) is 0 Å². The number of para-hydroxylation sites is 1. The Kier molecular flexibility index (Phi) is 5.17. The third-order valence-corrected chi connectivity index (χ3v) is 4.47. The molecule has 0 spiro atoms. The van der Waals surface area contributed by atoms with E-state index in [2.05, 4.69) is 22.4 Å². The smallest absolute Gasteiger partial charge is 0.244 e. The number of aromatic nitrogens is 1. The first kappa shape index (κ1) is 15.4. The number of fused-ring (bicyclic) bond motifs is 1. The highest BCUT2D eigenvalue weighted by molar-refractivity contribution is 7.19. The third-order valence-electron chi connectivity index (χ3n) is 3.47. The normalized spacial score (nSPS) is 11.1. The van der Waals surface area contributed by atoms with E-state index in [1.54, 1.807) is 23.5 Å². The molecule has 23 heavy (non-hydrogen) atoms. The Bertz CT molecular complexity index is 775. The fourth-order valence-electron chi connectivity index (χ4n) is 2.32. The van der Waals surface area contributed by atoms with E-state index in [-0.39, 0.29) is 5.91 Å². The van der Waals surface area contributed by atoms with Crippen LogP contribution in [0.5, 0.6) is 0 Å². The molecule has 116 valence electrons. The zero-order valence-corrected chi connectivity index (χ0v) is 13.6. The van der Waals surface area contributed by atoms with E-state index in [1.807, 2.05) is 42.5 Å². The number of hydrogen-bond acceptors (Lipinski definition) is 3. The summed E-state index contributed by atoms with van der Waals surface area (Å²) in [5.41, 5.74) is 2.27. The summed E-state index contributed by atoms with van der Waals surface area (Å²) >= 11 is 1.59. The van der Waals surface area contributed by atoms with Gasteiger partial charge < -0.3 is 5.32 Å². The average molecular weight is 322 g/mol. The lowest BCUT2D eigenvalue weighted by Gasteiger charge is -2.02. The number of carbonyl (C=O) groups excluding carboxylic acids is 1. The van der Waals surface area contributed by atoms with Crippen LogP contribution in [-0.2, 0) is 11.2 Å². The number of nitrogens with one attached hydrogen (secondary N) is 1. The lowest BCUT2D eigenvalue weighted by atomic mass is 10.1. The first-order valence-corrected chi connectivity index (χ1v) is 8.48. The van der Waals surface area contributed by atoms with Gasteiger partial charge in [0.25, 0.3) is 0 Å². The molecule has 4 heteroatoms. The molecule has 0 aliphatic carbocycles. The molecule has 1 N–H and O–H groups in total. The van der Waals surface area contributed by atoms with Crippen LogP contribution in [-0.4, -0.2) is 17.4 Å². The van der Waals surface area contributed by atoms with Crippen molar-refractivity contribution < 1.29 is 4.79 Å². The van der Waals surface area contributed by atoms with Crippen molar-refractivity contribution >= 4 is 33.5 Å². The molecule has 0 aliphatic heterocycles. The van der Waals surface area contributed by atoms with Gasteiger partial charge in [-0.3, -0.25) is 4.79 Å². The summed E-state index contributed by atoms with van der Waals surface area (Å²) in [6.07, 6.45) is 5.24. The van der Waals surface area contributed by atoms with Gasteiger partial charge in [-0.25, -0.2) is 4.98 Å². The second-order valence-corrected chi connectivity index (χ2v) is 6.30. The Morgan fingerprint density at radius 1 is 1.09 bits per heavy atom. The first-order valence-electron chi connectivity index (χ1n) is 7.67. The van der Waals surface area contributed by atoms with Crippen LogP contribution in [0.3, 0.4) is 0 Å². The minimum absolute atomic E-state index is 0.0719. The lowest BCUT2D eigenvalue weighted by molar-refractivity contribution is -0.116. The van der Waals surface area contributed by atoms with Crippen LogP contribution in [0.2, 0.25) is 0 Å². The van der Waals surface area contributed by atoms with Crippen molar-refractivity contribution in [3.63, 3.8) is 0 Å². The topological polar surface area (TPSA) is 42.0 Å². The van der Waals surface area contributed by atoms with Crippen molar-refractivity contribution in [2.75, 3.05) is 6.54 Å². The van der Waals surface area contributed by atoms with Gasteiger partial charge in [0.05, 0.1) is 10.2 Å². The summed E-state index contributed by atoms with van der Waals surface area (Å²) < 4.78 is 1.13. The summed E-state index contributed by atoms with van der Waals surface area (Å²) in [7, 11) is 0. The summed E-state index contributed by atoms with van der Waals surface area (Å²) in [4.78, 5) is 16.3. The van der Waals surface area contributed by atoms with E-state index in [9.17, 15) is 4.79 Å². The molecular weight excluding hydrogens is 304 g/mol. The SMILES string of the molecule is O=C(/C=C/c1nc2ccccc2s1)NCCCc1ccccc1. The summed E-state index contributed by atoms with van der Waals surface area (Å²) in [5.74, 6) is -0.0719. The van der Waals surface area contributed by atoms with Crippen LogP contribution in [0.25, 0.3) is 16.3 Å². The molecular formula is C19H18N2OS. The molecule has 0 fully saturated rings. The van der Waals surface area contributed by atoms with Crippen molar-refractivity contribution in [1.29, 1.82) is 0 Å². The highest BCUT2D eigenvalue weighted by Gasteiger charge is 2.01. The Hall–Kier alpha value is -2.46. The number of aryl methyl sites for hydroxylation is 1. The zero-order valence-electron chi connectivity index (χ0n) is 12.7. The Morgan fingerprint density at radius 2 is 1.87 bits per heavy atom. The number of nitrogens with zero attached hydrogens (tertiary/aromatic N) is 1. The van der Waals surface area contributed by atoms with Gasteiger partial charge in [-0.05, 0) is 36.6 Å². The quantitative estimate of drug-likeness (QED) is 0.549. The van der Waals surface area contributed by atoms with Crippen molar-refractivity contribution in [2.45, 2.75) is 12.8 Å². The lowest BCUT2D eigenvalue weighted by Crippen LogP contribution is -2.22. The predicted octanol–water partition coefficient (Wildman–Crippen LogP) is 4.06. The van der Waals surface area contributed by atoms with E-state index < -0.39 is 0 Å². The molecule has 3 nitrogen and oxygen atoms in total. The number of carbonyl (C=O) groups is 1. The van der Waals surface area contributed by atoms with Crippen molar-refractivity contribution in [1.82, 2.24) is 10.3 Å². The first-order chi connectivity index (χ1) is 11.3. The highest BCUT2D eigenvalue weighted by atomic mass is 32.1. The minimum Gasteiger partial charge on any atom is -0.353 e. The molecule has 1 aromatic heterocycles. The van der Waals surface area contributed by atoms with Crippen LogP contribution >= 0.6 is 11.3 Å². The van der Waals surface area contributed by atoms with Crippen molar-refractivity contribution in [2.24, 2.45) is 0 Å². The minimum atomic E-state index is -0.0719. The maximum atomic E-state index is 11.8. The van der Waals surface area contributed by atoms with E-state index >= 15 is 0 Å². The monoisotopic (exact) mass is 322 g/mol. The number of hydrogen-bond donors (Lipinski definition) is 1. The maximum absolute atomic E-state index is 11.8. The van der Waals surface area contributed by atoms with Gasteiger partial charge >= 0.3 is 0 Å². The summed E-state index contributed by atoms with van der Waals surface area (Å²) in [5, 5.41) is 3.76. The van der Waals surface area contributed by atoms with Gasteiger partial charge in [0.1, 0.15) is 5.01 Å². The Balaban J connectivity index is 1.45. The fourth-order valence-corrected chi connectivity index (χ4v) is 3.19. The van der Waals surface area contributed by atoms with Gasteiger partial charge in [0.2, 0.25) is 5.91 Å². The highest BCUT2D eigenvalue weighted by Crippen LogP contribution is 2.22. The van der Waals surface area contributed by atoms with E-state index in [4.69, 9.17) is 0 Å². The van der Waals surface area contributed by atoms with Gasteiger partial charge in [-0.15, -0.1) is 11.3 Å². The van der Waals surface area contributed by atoms with E-state index in [1.165, 1.54) is 5.56 Å². The molecule has 3 rings (SSSR count). The zero-order chi connectivity index (χ0) is 15.9. The summed E-state index contributed by atoms with van der Waals surface area (Å²) in [6, 6.07) is 18.3. The fraction of sp³-hybridized carbons (Fsp3) is 0.158. The molecule has 2 aromatic carbocycles. The molecule has 0 bridgehead atoms. The van der Waals surface area contributed by atoms with Crippen LogP contribution in [0, 0.1) is 0 Å². The Morgan fingerprint density at radius 3 is 2.70 bits per heavy atom. The Labute approximate surface area is 139 Å². The molecule has 0 saturated heterocycles. The largest absolute Gasteiger partial charge is 0.353 e. The second kappa shape index (κ2) is 7.70. The molecule has 0 saturated carbocycles. The molecule has 0 unspecified atom stereocenters. The third kappa shape index (κ3) is 4.50. The maximum Gasteiger partial charge on any atom is 0.244 e. The predicted molar refractivity (Wildman–Crippen MR) is 96.4 cm³/mol. The molecule has 0 aliphatic rings. The van der Waals surface area contributed by atoms with E-state index in [0.29, 0.717) is 6.54 Å². The van der Waals surface area contributed by atoms with Gasteiger partial charge in [0.15, 0.2) is 0 Å². The average Bonchev–Trinajstić information content (AvgIpc) is 3.01.